The van der Waals surface area contributed by atoms with Gasteiger partial charge in [-0.2, -0.15) is 0 Å². The second-order valence-corrected chi connectivity index (χ2v) is 18.8. The van der Waals surface area contributed by atoms with Crippen molar-refractivity contribution in [2.45, 2.75) is 0 Å². The Bertz CT molecular complexity index is 1320. The highest BCUT2D eigenvalue weighted by atomic mass is 28.5. The number of rotatable bonds is 12. The van der Waals surface area contributed by atoms with Crippen LogP contribution in [0.2, 0.25) is 0 Å². The quantitative estimate of drug-likeness (QED) is 0.208. The summed E-state index contributed by atoms with van der Waals surface area (Å²) in [6, 6.07) is 50.4. The van der Waals surface area contributed by atoms with Gasteiger partial charge in [-0.05, 0) is 20.7 Å². The topological polar surface area (TPSA) is 46.2 Å². The molecule has 208 valence electrons. The van der Waals surface area contributed by atoms with E-state index in [-0.39, 0.29) is 0 Å². The van der Waals surface area contributed by atoms with E-state index in [2.05, 4.69) is 48.5 Å². The van der Waals surface area contributed by atoms with Crippen molar-refractivity contribution in [3.8, 4) is 0 Å². The van der Waals surface area contributed by atoms with E-state index in [0.717, 1.165) is 25.9 Å². The smallest absolute Gasteiger partial charge is 0.391 e. The molecule has 0 spiro atoms. The zero-order valence-corrected chi connectivity index (χ0v) is 26.5. The van der Waals surface area contributed by atoms with Crippen LogP contribution in [0.1, 0.15) is 0 Å². The van der Waals surface area contributed by atoms with Crippen molar-refractivity contribution in [1.29, 1.82) is 0 Å². The molecule has 0 atom stereocenters. The van der Waals surface area contributed by atoms with Crippen LogP contribution in [0.25, 0.3) is 0 Å². The van der Waals surface area contributed by atoms with Gasteiger partial charge in [-0.15, -0.1) is 0 Å². The fourth-order valence-corrected chi connectivity index (χ4v) is 17.8. The Balaban J connectivity index is 1.78. The van der Waals surface area contributed by atoms with Crippen LogP contribution in [0.5, 0.6) is 0 Å². The number of benzene rings is 5. The van der Waals surface area contributed by atoms with Gasteiger partial charge in [0.1, 0.15) is 0 Å². The van der Waals surface area contributed by atoms with Crippen molar-refractivity contribution in [2.75, 3.05) is 21.3 Å². The third-order valence-electron chi connectivity index (χ3n) is 7.14. The van der Waals surface area contributed by atoms with E-state index in [1.165, 1.54) is 0 Å². The Morgan fingerprint density at radius 1 is 0.317 bits per heavy atom. The predicted molar refractivity (Wildman–Crippen MR) is 171 cm³/mol. The lowest BCUT2D eigenvalue weighted by Crippen LogP contribution is -2.77. The summed E-state index contributed by atoms with van der Waals surface area (Å²) < 4.78 is 34.5. The summed E-state index contributed by atoms with van der Waals surface area (Å²) in [6.07, 6.45) is 0. The van der Waals surface area contributed by atoms with Gasteiger partial charge >= 0.3 is 25.9 Å². The van der Waals surface area contributed by atoms with Gasteiger partial charge in [-0.25, -0.2) is 0 Å². The summed E-state index contributed by atoms with van der Waals surface area (Å²) in [5.41, 5.74) is 0. The van der Waals surface area contributed by atoms with Crippen molar-refractivity contribution < 1.29 is 21.5 Å². The van der Waals surface area contributed by atoms with Crippen LogP contribution in [0.4, 0.5) is 0 Å². The lowest BCUT2D eigenvalue weighted by Gasteiger charge is -2.43. The Hall–Kier alpha value is -3.45. The molecule has 8 heteroatoms. The van der Waals surface area contributed by atoms with Crippen LogP contribution in [-0.4, -0.2) is 47.3 Å². The van der Waals surface area contributed by atoms with Crippen molar-refractivity contribution in [3.05, 3.63) is 152 Å². The summed E-state index contributed by atoms with van der Waals surface area (Å²) in [7, 11) is -5.53. The Morgan fingerprint density at radius 3 is 0.780 bits per heavy atom. The summed E-state index contributed by atoms with van der Waals surface area (Å²) in [5.74, 6) is 0. The molecule has 0 unspecified atom stereocenters. The van der Waals surface area contributed by atoms with Gasteiger partial charge in [0.2, 0.25) is 0 Å². The van der Waals surface area contributed by atoms with Crippen LogP contribution < -0.4 is 25.9 Å². The normalized spacial score (nSPS) is 12.3. The highest BCUT2D eigenvalue weighted by Crippen LogP contribution is 2.24. The summed E-state index contributed by atoms with van der Waals surface area (Å²) in [5, 5.41) is 4.62. The maximum Gasteiger partial charge on any atom is 0.520 e. The van der Waals surface area contributed by atoms with Gasteiger partial charge in [-0.1, -0.05) is 152 Å². The molecule has 0 aliphatic heterocycles. The van der Waals surface area contributed by atoms with E-state index in [1.54, 1.807) is 21.3 Å². The molecule has 0 amide bonds. The van der Waals surface area contributed by atoms with Crippen LogP contribution in [0, 0.1) is 0 Å². The molecule has 0 saturated carbocycles. The molecule has 0 aromatic heterocycles. The largest absolute Gasteiger partial charge is 0.520 e. The zero-order valence-electron chi connectivity index (χ0n) is 23.5. The summed E-state index contributed by atoms with van der Waals surface area (Å²) >= 11 is 0. The minimum atomic E-state index is -3.82. The first-order chi connectivity index (χ1) is 20.1. The number of hydrogen-bond acceptors (Lipinski definition) is 5. The highest BCUT2D eigenvalue weighted by molar-refractivity contribution is 7.03. The van der Waals surface area contributed by atoms with Crippen molar-refractivity contribution in [1.82, 2.24) is 0 Å². The highest BCUT2D eigenvalue weighted by Gasteiger charge is 2.60. The molecule has 0 heterocycles. The van der Waals surface area contributed by atoms with E-state index in [1.807, 2.05) is 103 Å². The van der Waals surface area contributed by atoms with Crippen LogP contribution in [0.15, 0.2) is 152 Å². The van der Waals surface area contributed by atoms with Gasteiger partial charge in [-0.3, -0.25) is 0 Å². The molecule has 41 heavy (non-hydrogen) atoms. The lowest BCUT2D eigenvalue weighted by atomic mass is 10.4. The first-order valence-electron chi connectivity index (χ1n) is 13.5. The molecule has 5 nitrogen and oxygen atoms in total. The molecule has 0 saturated heterocycles. The Morgan fingerprint density at radius 2 is 0.561 bits per heavy atom. The first kappa shape index (κ1) is 29.1. The molecule has 0 N–H and O–H groups in total. The molecule has 0 aliphatic rings. The molecule has 0 fully saturated rings. The van der Waals surface area contributed by atoms with Gasteiger partial charge in [0, 0.05) is 26.5 Å². The first-order valence-corrected chi connectivity index (χ1v) is 18.8. The van der Waals surface area contributed by atoms with Gasteiger partial charge in [0.15, 0.2) is 0 Å². The number of hydrogen-bond donors (Lipinski definition) is 0. The summed E-state index contributed by atoms with van der Waals surface area (Å²) in [4.78, 5) is 0. The second-order valence-electron chi connectivity index (χ2n) is 9.44. The average molecular weight is 595 g/mol. The maximum atomic E-state index is 7.45. The van der Waals surface area contributed by atoms with Crippen LogP contribution in [-0.2, 0) is 21.5 Å². The SMILES string of the molecule is CO[Si](O[Si](OC)(c1ccccc1)c1ccccc1)(O[Si](OC)(c1ccccc1)c1ccccc1)c1ccccc1. The molecule has 0 bridgehead atoms. The third-order valence-corrected chi connectivity index (χ3v) is 18.7. The maximum absolute atomic E-state index is 7.45. The molecule has 0 aliphatic carbocycles. The van der Waals surface area contributed by atoms with E-state index in [0.29, 0.717) is 0 Å². The van der Waals surface area contributed by atoms with Crippen molar-refractivity contribution >= 4 is 51.9 Å². The Kier molecular flexibility index (Phi) is 9.23. The average Bonchev–Trinajstić information content (AvgIpc) is 3.07. The van der Waals surface area contributed by atoms with E-state index < -0.39 is 25.9 Å². The van der Waals surface area contributed by atoms with Crippen molar-refractivity contribution in [3.63, 3.8) is 0 Å². The Labute approximate surface area is 245 Å². The minimum Gasteiger partial charge on any atom is -0.391 e. The molecule has 5 rings (SSSR count). The standard InChI is InChI=1S/C33H34O5Si3/c1-34-39(29-19-9-4-10-20-29,30-21-11-5-12-22-30)37-41(36-3,33-27-17-8-18-28-33)38-40(35-2,31-23-13-6-14-24-31)32-25-15-7-16-26-32/h4-28H,1-3H3. The predicted octanol–water partition coefficient (Wildman–Crippen LogP) is 3.32. The molecule has 5 aromatic carbocycles. The van der Waals surface area contributed by atoms with Crippen molar-refractivity contribution in [2.24, 2.45) is 0 Å². The molecular formula is C33H34O5Si3. The van der Waals surface area contributed by atoms with Gasteiger partial charge in [0.25, 0.3) is 0 Å². The fraction of sp³-hybridized carbons (Fsp3) is 0.0909. The lowest BCUT2D eigenvalue weighted by molar-refractivity contribution is 0.174. The zero-order chi connectivity index (χ0) is 28.6. The second kappa shape index (κ2) is 13.0. The molecule has 5 aromatic rings. The summed E-state index contributed by atoms with van der Waals surface area (Å²) in [6.45, 7) is 0. The van der Waals surface area contributed by atoms with Gasteiger partial charge in [0.05, 0.1) is 0 Å². The van der Waals surface area contributed by atoms with Crippen LogP contribution >= 0.6 is 0 Å². The van der Waals surface area contributed by atoms with Crippen LogP contribution in [0.3, 0.4) is 0 Å². The molecule has 0 radical (unpaired) electrons. The minimum absolute atomic E-state index is 0.823. The fourth-order valence-electron chi connectivity index (χ4n) is 5.11. The molecular weight excluding hydrogens is 561 g/mol. The van der Waals surface area contributed by atoms with Gasteiger partial charge < -0.3 is 21.5 Å². The monoisotopic (exact) mass is 594 g/mol. The van der Waals surface area contributed by atoms with E-state index >= 15 is 0 Å². The van der Waals surface area contributed by atoms with E-state index in [9.17, 15) is 0 Å². The van der Waals surface area contributed by atoms with E-state index in [4.69, 9.17) is 21.5 Å². The third kappa shape index (κ3) is 5.69.